The predicted molar refractivity (Wildman–Crippen MR) is 90.4 cm³/mol. The van der Waals surface area contributed by atoms with Crippen molar-refractivity contribution in [2.75, 3.05) is 11.9 Å². The summed E-state index contributed by atoms with van der Waals surface area (Å²) in [6.45, 7) is 4.34. The summed E-state index contributed by atoms with van der Waals surface area (Å²) in [6, 6.07) is 16.0. The molecule has 1 atom stereocenters. The molecule has 0 bridgehead atoms. The molecule has 0 saturated heterocycles. The van der Waals surface area contributed by atoms with Gasteiger partial charge in [0.25, 0.3) is 0 Å². The van der Waals surface area contributed by atoms with Crippen LogP contribution in [0, 0.1) is 6.92 Å². The third-order valence-corrected chi connectivity index (χ3v) is 3.75. The summed E-state index contributed by atoms with van der Waals surface area (Å²) >= 11 is 3.45. The Morgan fingerprint density at radius 2 is 1.90 bits per heavy atom. The van der Waals surface area contributed by atoms with Crippen LogP contribution in [0.4, 0.5) is 5.69 Å². The zero-order valence-electron chi connectivity index (χ0n) is 12.2. The van der Waals surface area contributed by atoms with Crippen LogP contribution < -0.4 is 10.6 Å². The Labute approximate surface area is 133 Å². The standard InChI is InChI=1S/C17H19BrN2O/c1-12-6-8-16(9-7-12)20-17(21)11-19-13(2)14-4-3-5-15(18)10-14/h3-10,13,19H,11H2,1-2H3,(H,20,21)/t13-/m0/s1. The van der Waals surface area contributed by atoms with Gasteiger partial charge < -0.3 is 10.6 Å². The van der Waals surface area contributed by atoms with E-state index in [1.165, 1.54) is 5.56 Å². The molecule has 0 spiro atoms. The fraction of sp³-hybridized carbons (Fsp3) is 0.235. The lowest BCUT2D eigenvalue weighted by atomic mass is 10.1. The van der Waals surface area contributed by atoms with Gasteiger partial charge in [0.1, 0.15) is 0 Å². The Balaban J connectivity index is 1.84. The summed E-state index contributed by atoms with van der Waals surface area (Å²) < 4.78 is 1.04. The van der Waals surface area contributed by atoms with Crippen molar-refractivity contribution in [3.05, 3.63) is 64.1 Å². The molecule has 0 aliphatic carbocycles. The molecule has 0 heterocycles. The number of halogens is 1. The molecular weight excluding hydrogens is 328 g/mol. The largest absolute Gasteiger partial charge is 0.325 e. The molecule has 2 N–H and O–H groups in total. The van der Waals surface area contributed by atoms with E-state index in [0.717, 1.165) is 15.7 Å². The van der Waals surface area contributed by atoms with Crippen molar-refractivity contribution >= 4 is 27.5 Å². The van der Waals surface area contributed by atoms with Gasteiger partial charge in [-0.1, -0.05) is 45.8 Å². The van der Waals surface area contributed by atoms with Gasteiger partial charge in [-0.3, -0.25) is 4.79 Å². The second-order valence-electron chi connectivity index (χ2n) is 5.07. The summed E-state index contributed by atoms with van der Waals surface area (Å²) in [5.74, 6) is -0.0410. The van der Waals surface area contributed by atoms with Crippen LogP contribution >= 0.6 is 15.9 Å². The van der Waals surface area contributed by atoms with E-state index in [4.69, 9.17) is 0 Å². The van der Waals surface area contributed by atoms with E-state index in [1.807, 2.05) is 56.3 Å². The van der Waals surface area contributed by atoms with Crippen LogP contribution in [-0.4, -0.2) is 12.5 Å². The second-order valence-corrected chi connectivity index (χ2v) is 5.99. The lowest BCUT2D eigenvalue weighted by molar-refractivity contribution is -0.115. The maximum atomic E-state index is 11.9. The van der Waals surface area contributed by atoms with Crippen molar-refractivity contribution in [2.45, 2.75) is 19.9 Å². The summed E-state index contributed by atoms with van der Waals surface area (Å²) in [5.41, 5.74) is 3.14. The van der Waals surface area contributed by atoms with Crippen LogP contribution in [0.15, 0.2) is 53.0 Å². The predicted octanol–water partition coefficient (Wildman–Crippen LogP) is 4.05. The fourth-order valence-electron chi connectivity index (χ4n) is 1.98. The minimum Gasteiger partial charge on any atom is -0.325 e. The highest BCUT2D eigenvalue weighted by Crippen LogP contribution is 2.17. The Hall–Kier alpha value is -1.65. The number of carbonyl (C=O) groups is 1. The Morgan fingerprint density at radius 1 is 1.19 bits per heavy atom. The zero-order chi connectivity index (χ0) is 15.2. The Morgan fingerprint density at radius 3 is 2.57 bits per heavy atom. The number of rotatable bonds is 5. The molecule has 3 nitrogen and oxygen atoms in total. The second kappa shape index (κ2) is 7.38. The Kier molecular flexibility index (Phi) is 5.53. The smallest absolute Gasteiger partial charge is 0.238 e. The molecule has 0 saturated carbocycles. The van der Waals surface area contributed by atoms with Crippen LogP contribution in [0.25, 0.3) is 0 Å². The highest BCUT2D eigenvalue weighted by atomic mass is 79.9. The molecule has 0 aliphatic heterocycles. The van der Waals surface area contributed by atoms with Crippen LogP contribution in [-0.2, 0) is 4.79 Å². The van der Waals surface area contributed by atoms with E-state index >= 15 is 0 Å². The average molecular weight is 347 g/mol. The minimum atomic E-state index is -0.0410. The van der Waals surface area contributed by atoms with Gasteiger partial charge >= 0.3 is 0 Å². The number of aryl methyl sites for hydroxylation is 1. The number of amides is 1. The molecule has 2 aromatic rings. The lowest BCUT2D eigenvalue weighted by Crippen LogP contribution is -2.30. The van der Waals surface area contributed by atoms with E-state index in [2.05, 4.69) is 32.6 Å². The molecule has 2 aromatic carbocycles. The highest BCUT2D eigenvalue weighted by Gasteiger charge is 2.08. The molecule has 0 aromatic heterocycles. The molecule has 21 heavy (non-hydrogen) atoms. The van der Waals surface area contributed by atoms with Gasteiger partial charge in [-0.25, -0.2) is 0 Å². The summed E-state index contributed by atoms with van der Waals surface area (Å²) in [7, 11) is 0. The minimum absolute atomic E-state index is 0.0410. The van der Waals surface area contributed by atoms with E-state index in [-0.39, 0.29) is 18.5 Å². The van der Waals surface area contributed by atoms with Crippen LogP contribution in [0.3, 0.4) is 0 Å². The van der Waals surface area contributed by atoms with Crippen LogP contribution in [0.1, 0.15) is 24.1 Å². The van der Waals surface area contributed by atoms with E-state index in [1.54, 1.807) is 0 Å². The Bertz CT molecular complexity index is 610. The van der Waals surface area contributed by atoms with Crippen molar-refractivity contribution < 1.29 is 4.79 Å². The molecular formula is C17H19BrN2O. The first kappa shape index (κ1) is 15.7. The first-order chi connectivity index (χ1) is 10.0. The van der Waals surface area contributed by atoms with E-state index in [0.29, 0.717) is 0 Å². The molecule has 2 rings (SSSR count). The molecule has 110 valence electrons. The number of nitrogens with one attached hydrogen (secondary N) is 2. The number of hydrogen-bond acceptors (Lipinski definition) is 2. The van der Waals surface area contributed by atoms with Gasteiger partial charge in [0.2, 0.25) is 5.91 Å². The highest BCUT2D eigenvalue weighted by molar-refractivity contribution is 9.10. The normalized spacial score (nSPS) is 12.0. The van der Waals surface area contributed by atoms with Gasteiger partial charge in [-0.05, 0) is 43.7 Å². The fourth-order valence-corrected chi connectivity index (χ4v) is 2.40. The topological polar surface area (TPSA) is 41.1 Å². The molecule has 0 aliphatic rings. The number of anilines is 1. The average Bonchev–Trinajstić information content (AvgIpc) is 2.47. The van der Waals surface area contributed by atoms with Crippen molar-refractivity contribution in [2.24, 2.45) is 0 Å². The van der Waals surface area contributed by atoms with Crippen molar-refractivity contribution in [3.8, 4) is 0 Å². The van der Waals surface area contributed by atoms with Crippen LogP contribution in [0.5, 0.6) is 0 Å². The summed E-state index contributed by atoms with van der Waals surface area (Å²) in [6.07, 6.45) is 0. The quantitative estimate of drug-likeness (QED) is 0.857. The molecule has 0 unspecified atom stereocenters. The zero-order valence-corrected chi connectivity index (χ0v) is 13.8. The maximum absolute atomic E-state index is 11.9. The third kappa shape index (κ3) is 4.99. The SMILES string of the molecule is Cc1ccc(NC(=O)CN[C@@H](C)c2cccc(Br)c2)cc1. The third-order valence-electron chi connectivity index (χ3n) is 3.25. The monoisotopic (exact) mass is 346 g/mol. The van der Waals surface area contributed by atoms with E-state index in [9.17, 15) is 4.79 Å². The van der Waals surface area contributed by atoms with Crippen molar-refractivity contribution in [1.82, 2.24) is 5.32 Å². The van der Waals surface area contributed by atoms with Crippen LogP contribution in [0.2, 0.25) is 0 Å². The first-order valence-electron chi connectivity index (χ1n) is 6.90. The molecule has 1 amide bonds. The summed E-state index contributed by atoms with van der Waals surface area (Å²) in [5, 5.41) is 6.10. The van der Waals surface area contributed by atoms with Gasteiger partial charge in [-0.2, -0.15) is 0 Å². The van der Waals surface area contributed by atoms with Gasteiger partial charge in [0.05, 0.1) is 6.54 Å². The molecule has 0 radical (unpaired) electrons. The van der Waals surface area contributed by atoms with Crippen molar-refractivity contribution in [3.63, 3.8) is 0 Å². The summed E-state index contributed by atoms with van der Waals surface area (Å²) in [4.78, 5) is 11.9. The maximum Gasteiger partial charge on any atom is 0.238 e. The molecule has 4 heteroatoms. The van der Waals surface area contributed by atoms with E-state index < -0.39 is 0 Å². The lowest BCUT2D eigenvalue weighted by Gasteiger charge is -2.14. The number of hydrogen-bond donors (Lipinski definition) is 2. The van der Waals surface area contributed by atoms with Crippen molar-refractivity contribution in [1.29, 1.82) is 0 Å². The van der Waals surface area contributed by atoms with Gasteiger partial charge in [0.15, 0.2) is 0 Å². The van der Waals surface area contributed by atoms with Gasteiger partial charge in [0, 0.05) is 16.2 Å². The number of carbonyl (C=O) groups excluding carboxylic acids is 1. The molecule has 0 fully saturated rings. The first-order valence-corrected chi connectivity index (χ1v) is 7.69. The number of benzene rings is 2. The van der Waals surface area contributed by atoms with Gasteiger partial charge in [-0.15, -0.1) is 0 Å².